The monoisotopic (exact) mass is 194 g/mol. The fourth-order valence-electron chi connectivity index (χ4n) is 0.603. The molecule has 0 saturated carbocycles. The first kappa shape index (κ1) is 14.9. The minimum Gasteiger partial charge on any atom is -0.748 e. The van der Waals surface area contributed by atoms with Gasteiger partial charge in [-0.25, -0.2) is 12.8 Å². The molecule has 0 aliphatic carbocycles. The summed E-state index contributed by atoms with van der Waals surface area (Å²) in [6, 6.07) is 0. The first-order valence-electron chi connectivity index (χ1n) is 3.09. The summed E-state index contributed by atoms with van der Waals surface area (Å²) in [5, 5.41) is 0. The van der Waals surface area contributed by atoms with Crippen LogP contribution in [0.4, 0.5) is 8.78 Å². The zero-order valence-corrected chi connectivity index (χ0v) is 7.61. The summed E-state index contributed by atoms with van der Waals surface area (Å²) in [4.78, 5) is 0. The standard InChI is InChI=1S/C5H10F2O3S.Li/c6-3-1-2-5(7)4-11(8,9)10;/h5H,1-4H2,(H,8,9,10);/q;+1/p-1. The molecule has 0 aliphatic heterocycles. The largest absolute Gasteiger partial charge is 1.00 e. The zero-order valence-electron chi connectivity index (χ0n) is 6.79. The van der Waals surface area contributed by atoms with Gasteiger partial charge in [0, 0.05) is 0 Å². The molecule has 0 fully saturated rings. The molecule has 1 unspecified atom stereocenters. The molecule has 0 aliphatic rings. The van der Waals surface area contributed by atoms with Gasteiger partial charge >= 0.3 is 18.9 Å². The Kier molecular flexibility index (Phi) is 8.47. The Balaban J connectivity index is 0. The van der Waals surface area contributed by atoms with E-state index in [2.05, 4.69) is 0 Å². The Hall–Kier alpha value is 0.367. The van der Waals surface area contributed by atoms with Gasteiger partial charge in [-0.1, -0.05) is 0 Å². The van der Waals surface area contributed by atoms with E-state index in [1.54, 1.807) is 0 Å². The van der Waals surface area contributed by atoms with Gasteiger partial charge in [0.05, 0.1) is 22.5 Å². The number of hydrogen-bond donors (Lipinski definition) is 0. The SMILES string of the molecule is O=S(=O)([O-])CC(F)CCCF.[Li+]. The van der Waals surface area contributed by atoms with Gasteiger partial charge in [0.2, 0.25) is 0 Å². The van der Waals surface area contributed by atoms with Gasteiger partial charge in [0.25, 0.3) is 0 Å². The van der Waals surface area contributed by atoms with Crippen LogP contribution < -0.4 is 18.9 Å². The molecule has 0 N–H and O–H groups in total. The van der Waals surface area contributed by atoms with Crippen LogP contribution in [0.25, 0.3) is 0 Å². The zero-order chi connectivity index (χ0) is 8.91. The Morgan fingerprint density at radius 2 is 1.92 bits per heavy atom. The maximum atomic E-state index is 12.3. The average Bonchev–Trinajstić information content (AvgIpc) is 1.79. The molecule has 0 spiro atoms. The number of rotatable bonds is 5. The van der Waals surface area contributed by atoms with E-state index in [1.807, 2.05) is 0 Å². The van der Waals surface area contributed by atoms with Crippen molar-refractivity contribution in [1.82, 2.24) is 0 Å². The van der Waals surface area contributed by atoms with Gasteiger partial charge in [0.15, 0.2) is 0 Å². The predicted octanol–water partition coefficient (Wildman–Crippen LogP) is -2.38. The van der Waals surface area contributed by atoms with Gasteiger partial charge in [-0.2, -0.15) is 0 Å². The molecule has 0 radical (unpaired) electrons. The van der Waals surface area contributed by atoms with E-state index in [0.717, 1.165) is 0 Å². The quantitative estimate of drug-likeness (QED) is 0.363. The van der Waals surface area contributed by atoms with Crippen LogP contribution in [0.1, 0.15) is 12.8 Å². The minimum absolute atomic E-state index is 0. The Morgan fingerprint density at radius 3 is 2.25 bits per heavy atom. The van der Waals surface area contributed by atoms with Crippen molar-refractivity contribution in [2.24, 2.45) is 0 Å². The first-order valence-corrected chi connectivity index (χ1v) is 4.67. The molecule has 0 heterocycles. The molecule has 1 atom stereocenters. The van der Waals surface area contributed by atoms with E-state index >= 15 is 0 Å². The summed E-state index contributed by atoms with van der Waals surface area (Å²) in [5.41, 5.74) is 0. The molecule has 0 rings (SSSR count). The fourth-order valence-corrected chi connectivity index (χ4v) is 1.21. The summed E-state index contributed by atoms with van der Waals surface area (Å²) in [6.45, 7) is -0.695. The molecule has 12 heavy (non-hydrogen) atoms. The van der Waals surface area contributed by atoms with Crippen molar-refractivity contribution in [2.45, 2.75) is 19.0 Å². The van der Waals surface area contributed by atoms with Crippen molar-refractivity contribution in [3.8, 4) is 0 Å². The van der Waals surface area contributed by atoms with Crippen LogP contribution in [0.5, 0.6) is 0 Å². The van der Waals surface area contributed by atoms with Crippen LogP contribution in [-0.2, 0) is 10.1 Å². The van der Waals surface area contributed by atoms with Gasteiger partial charge in [-0.05, 0) is 12.8 Å². The van der Waals surface area contributed by atoms with Crippen molar-refractivity contribution in [3.63, 3.8) is 0 Å². The molecular weight excluding hydrogens is 185 g/mol. The fraction of sp³-hybridized carbons (Fsp3) is 1.00. The van der Waals surface area contributed by atoms with E-state index in [9.17, 15) is 21.8 Å². The van der Waals surface area contributed by atoms with Crippen molar-refractivity contribution in [2.75, 3.05) is 12.4 Å². The minimum atomic E-state index is -4.50. The number of alkyl halides is 2. The van der Waals surface area contributed by atoms with Gasteiger partial charge in [0.1, 0.15) is 6.17 Å². The van der Waals surface area contributed by atoms with Crippen molar-refractivity contribution in [1.29, 1.82) is 0 Å². The normalized spacial score (nSPS) is 13.6. The molecule has 0 bridgehead atoms. The van der Waals surface area contributed by atoms with E-state index in [-0.39, 0.29) is 31.7 Å². The van der Waals surface area contributed by atoms with E-state index < -0.39 is 28.7 Å². The van der Waals surface area contributed by atoms with E-state index in [4.69, 9.17) is 0 Å². The second kappa shape index (κ2) is 6.84. The third-order valence-corrected chi connectivity index (χ3v) is 1.81. The molecular formula is C5H9F2LiO3S. The number of halogens is 2. The molecule has 0 aromatic heterocycles. The molecule has 3 nitrogen and oxygen atoms in total. The summed E-state index contributed by atoms with van der Waals surface area (Å²) >= 11 is 0. The van der Waals surface area contributed by atoms with E-state index in [0.29, 0.717) is 0 Å². The van der Waals surface area contributed by atoms with Crippen molar-refractivity contribution in [3.05, 3.63) is 0 Å². The van der Waals surface area contributed by atoms with Crippen LogP contribution in [0.3, 0.4) is 0 Å². The summed E-state index contributed by atoms with van der Waals surface area (Å²) in [7, 11) is -4.50. The van der Waals surface area contributed by atoms with Crippen molar-refractivity contribution >= 4 is 10.1 Å². The topological polar surface area (TPSA) is 57.2 Å². The maximum Gasteiger partial charge on any atom is 1.00 e. The van der Waals surface area contributed by atoms with Gasteiger partial charge < -0.3 is 4.55 Å². The summed E-state index contributed by atoms with van der Waals surface area (Å²) < 4.78 is 53.5. The third kappa shape index (κ3) is 10.4. The van der Waals surface area contributed by atoms with Crippen LogP contribution in [-0.4, -0.2) is 31.6 Å². The third-order valence-electron chi connectivity index (χ3n) is 1.04. The van der Waals surface area contributed by atoms with Crippen molar-refractivity contribution < 1.29 is 40.6 Å². The maximum absolute atomic E-state index is 12.3. The molecule has 7 heteroatoms. The van der Waals surface area contributed by atoms with Gasteiger partial charge in [-0.3, -0.25) is 4.39 Å². The summed E-state index contributed by atoms with van der Waals surface area (Å²) in [6.07, 6.45) is -1.98. The molecule has 0 saturated heterocycles. The molecule has 0 aromatic rings. The Morgan fingerprint density at radius 1 is 1.42 bits per heavy atom. The smallest absolute Gasteiger partial charge is 0.748 e. The molecule has 68 valence electrons. The Bertz CT molecular complexity index is 195. The van der Waals surface area contributed by atoms with E-state index in [1.165, 1.54) is 0 Å². The van der Waals surface area contributed by atoms with Crippen LogP contribution in [0, 0.1) is 0 Å². The van der Waals surface area contributed by atoms with Crippen LogP contribution in [0.15, 0.2) is 0 Å². The Labute approximate surface area is 82.5 Å². The van der Waals surface area contributed by atoms with Crippen LogP contribution >= 0.6 is 0 Å². The average molecular weight is 194 g/mol. The molecule has 0 aromatic carbocycles. The molecule has 0 amide bonds. The van der Waals surface area contributed by atoms with Gasteiger partial charge in [-0.15, -0.1) is 0 Å². The van der Waals surface area contributed by atoms with Crippen LogP contribution in [0.2, 0.25) is 0 Å². The first-order chi connectivity index (χ1) is 4.95. The predicted molar refractivity (Wildman–Crippen MR) is 34.7 cm³/mol. The number of hydrogen-bond acceptors (Lipinski definition) is 3. The second-order valence-electron chi connectivity index (χ2n) is 2.15. The second-order valence-corrected chi connectivity index (χ2v) is 3.60. The summed E-state index contributed by atoms with van der Waals surface area (Å²) in [5.74, 6) is -1.05.